The van der Waals surface area contributed by atoms with Crippen molar-refractivity contribution >= 4 is 21.1 Å². The number of H-pyrrole nitrogens is 1. The van der Waals surface area contributed by atoms with Crippen molar-refractivity contribution in [2.75, 3.05) is 26.2 Å². The molecule has 4 rings (SSSR count). The van der Waals surface area contributed by atoms with Gasteiger partial charge in [0.05, 0.1) is 5.69 Å². The van der Waals surface area contributed by atoms with Crippen molar-refractivity contribution in [3.63, 3.8) is 0 Å². The minimum Gasteiger partial charge on any atom is -0.361 e. The standard InChI is InChI=1S/C17H21N5O3S/c1-12-15(13(2)25-20-12)11-21-6-8-22(9-7-21)26(23,24)16-10-19-17-14(16)4-3-5-18-17/h3-5,10H,6-9,11H2,1-2H3,(H,18,19). The second-order valence-electron chi connectivity index (χ2n) is 6.54. The van der Waals surface area contributed by atoms with Crippen LogP contribution in [0, 0.1) is 13.8 Å². The van der Waals surface area contributed by atoms with Crippen molar-refractivity contribution in [2.45, 2.75) is 25.3 Å². The molecule has 1 aliphatic rings. The predicted molar refractivity (Wildman–Crippen MR) is 96.1 cm³/mol. The molecule has 1 N–H and O–H groups in total. The van der Waals surface area contributed by atoms with E-state index in [0.29, 0.717) is 42.1 Å². The zero-order valence-corrected chi connectivity index (χ0v) is 15.6. The summed E-state index contributed by atoms with van der Waals surface area (Å²) < 4.78 is 32.8. The van der Waals surface area contributed by atoms with Crippen LogP contribution in [0.15, 0.2) is 33.9 Å². The topological polar surface area (TPSA) is 95.3 Å². The van der Waals surface area contributed by atoms with Gasteiger partial charge in [-0.3, -0.25) is 4.90 Å². The van der Waals surface area contributed by atoms with Crippen molar-refractivity contribution < 1.29 is 12.9 Å². The lowest BCUT2D eigenvalue weighted by Gasteiger charge is -2.33. The van der Waals surface area contributed by atoms with E-state index in [1.807, 2.05) is 13.8 Å². The van der Waals surface area contributed by atoms with Crippen LogP contribution in [0.2, 0.25) is 0 Å². The average Bonchev–Trinajstić information content (AvgIpc) is 3.21. The first-order valence-corrected chi connectivity index (χ1v) is 9.97. The van der Waals surface area contributed by atoms with Crippen LogP contribution in [0.1, 0.15) is 17.0 Å². The van der Waals surface area contributed by atoms with E-state index in [2.05, 4.69) is 20.0 Å². The molecule has 0 aliphatic carbocycles. The number of sulfonamides is 1. The normalized spacial score (nSPS) is 17.2. The molecular weight excluding hydrogens is 354 g/mol. The Morgan fingerprint density at radius 1 is 1.23 bits per heavy atom. The van der Waals surface area contributed by atoms with Gasteiger partial charge in [0.1, 0.15) is 16.3 Å². The Labute approximate surface area is 151 Å². The summed E-state index contributed by atoms with van der Waals surface area (Å²) in [5.41, 5.74) is 2.57. The summed E-state index contributed by atoms with van der Waals surface area (Å²) in [6.07, 6.45) is 3.17. The Morgan fingerprint density at radius 2 is 2.00 bits per heavy atom. The fourth-order valence-electron chi connectivity index (χ4n) is 3.36. The lowest BCUT2D eigenvalue weighted by atomic mass is 10.2. The van der Waals surface area contributed by atoms with Gasteiger partial charge in [0, 0.05) is 56.1 Å². The van der Waals surface area contributed by atoms with Crippen molar-refractivity contribution in [3.05, 3.63) is 41.5 Å². The minimum absolute atomic E-state index is 0.291. The molecule has 1 saturated heterocycles. The number of nitrogens with zero attached hydrogens (tertiary/aromatic N) is 4. The van der Waals surface area contributed by atoms with Crippen LogP contribution >= 0.6 is 0 Å². The summed E-state index contributed by atoms with van der Waals surface area (Å²) in [7, 11) is -3.54. The maximum Gasteiger partial charge on any atom is 0.245 e. The number of piperazine rings is 1. The quantitative estimate of drug-likeness (QED) is 0.745. The Kier molecular flexibility index (Phi) is 4.29. The van der Waals surface area contributed by atoms with E-state index in [0.717, 1.165) is 23.6 Å². The Bertz CT molecular complexity index is 1010. The molecule has 0 spiro atoms. The van der Waals surface area contributed by atoms with E-state index in [-0.39, 0.29) is 0 Å². The molecule has 8 nitrogen and oxygen atoms in total. The number of nitrogens with one attached hydrogen (secondary N) is 1. The third-order valence-electron chi connectivity index (χ3n) is 4.93. The Hall–Kier alpha value is -2.23. The highest BCUT2D eigenvalue weighted by atomic mass is 32.2. The molecule has 0 amide bonds. The zero-order valence-electron chi connectivity index (χ0n) is 14.8. The van der Waals surface area contributed by atoms with Crippen LogP contribution in [-0.4, -0.2) is 58.9 Å². The fraction of sp³-hybridized carbons (Fsp3) is 0.412. The second kappa shape index (κ2) is 6.49. The van der Waals surface area contributed by atoms with Crippen molar-refractivity contribution in [2.24, 2.45) is 0 Å². The molecule has 9 heteroatoms. The van der Waals surface area contributed by atoms with E-state index in [9.17, 15) is 8.42 Å². The van der Waals surface area contributed by atoms with Crippen molar-refractivity contribution in [1.82, 2.24) is 24.3 Å². The lowest BCUT2D eigenvalue weighted by molar-refractivity contribution is 0.180. The van der Waals surface area contributed by atoms with E-state index < -0.39 is 10.0 Å². The predicted octanol–water partition coefficient (Wildman–Crippen LogP) is 1.67. The highest BCUT2D eigenvalue weighted by molar-refractivity contribution is 7.89. The zero-order chi connectivity index (χ0) is 18.3. The van der Waals surface area contributed by atoms with Crippen molar-refractivity contribution in [3.8, 4) is 0 Å². The second-order valence-corrected chi connectivity index (χ2v) is 8.44. The van der Waals surface area contributed by atoms with Crippen LogP contribution in [0.5, 0.6) is 0 Å². The molecule has 138 valence electrons. The SMILES string of the molecule is Cc1noc(C)c1CN1CCN(S(=O)(=O)c2c[nH]c3ncccc23)CC1. The molecule has 26 heavy (non-hydrogen) atoms. The summed E-state index contributed by atoms with van der Waals surface area (Å²) in [6, 6.07) is 3.52. The summed E-state index contributed by atoms with van der Waals surface area (Å²) in [5.74, 6) is 0.823. The summed E-state index contributed by atoms with van der Waals surface area (Å²) >= 11 is 0. The van der Waals surface area contributed by atoms with E-state index in [4.69, 9.17) is 4.52 Å². The average molecular weight is 375 g/mol. The number of aryl methyl sites for hydroxylation is 2. The number of aromatic amines is 1. The van der Waals surface area contributed by atoms with Crippen molar-refractivity contribution in [1.29, 1.82) is 0 Å². The van der Waals surface area contributed by atoms with Gasteiger partial charge in [0.25, 0.3) is 0 Å². The smallest absolute Gasteiger partial charge is 0.245 e. The van der Waals surface area contributed by atoms with Crippen LogP contribution in [0.3, 0.4) is 0 Å². The Morgan fingerprint density at radius 3 is 2.69 bits per heavy atom. The summed E-state index contributed by atoms with van der Waals surface area (Å²) in [5, 5.41) is 4.61. The first-order valence-electron chi connectivity index (χ1n) is 8.53. The molecule has 1 aliphatic heterocycles. The van der Waals surface area contributed by atoms with Gasteiger partial charge >= 0.3 is 0 Å². The number of hydrogen-bond donors (Lipinski definition) is 1. The summed E-state index contributed by atoms with van der Waals surface area (Å²) in [4.78, 5) is 9.63. The van der Waals surface area contributed by atoms with Gasteiger partial charge in [-0.1, -0.05) is 5.16 Å². The molecule has 4 heterocycles. The van der Waals surface area contributed by atoms with Gasteiger partial charge in [-0.25, -0.2) is 13.4 Å². The van der Waals surface area contributed by atoms with Gasteiger partial charge in [-0.05, 0) is 26.0 Å². The van der Waals surface area contributed by atoms with Crippen LogP contribution in [0.4, 0.5) is 0 Å². The molecule has 0 aromatic carbocycles. The highest BCUT2D eigenvalue weighted by Gasteiger charge is 2.31. The van der Waals surface area contributed by atoms with E-state index >= 15 is 0 Å². The maximum atomic E-state index is 13.0. The molecule has 0 unspecified atom stereocenters. The monoisotopic (exact) mass is 375 g/mol. The van der Waals surface area contributed by atoms with E-state index in [1.165, 1.54) is 6.20 Å². The number of aromatic nitrogens is 3. The van der Waals surface area contributed by atoms with Crippen LogP contribution < -0.4 is 0 Å². The van der Waals surface area contributed by atoms with Gasteiger partial charge in [-0.15, -0.1) is 0 Å². The van der Waals surface area contributed by atoms with Gasteiger partial charge in [0.2, 0.25) is 10.0 Å². The molecular formula is C17H21N5O3S. The number of rotatable bonds is 4. The molecule has 3 aromatic rings. The molecule has 0 saturated carbocycles. The lowest BCUT2D eigenvalue weighted by Crippen LogP contribution is -2.48. The first-order chi connectivity index (χ1) is 12.5. The minimum atomic E-state index is -3.54. The summed E-state index contributed by atoms with van der Waals surface area (Å²) in [6.45, 7) is 6.82. The first kappa shape index (κ1) is 17.2. The molecule has 0 atom stereocenters. The Balaban J connectivity index is 1.49. The molecule has 0 radical (unpaired) electrons. The number of hydrogen-bond acceptors (Lipinski definition) is 6. The fourth-order valence-corrected chi connectivity index (χ4v) is 4.94. The third-order valence-corrected chi connectivity index (χ3v) is 6.86. The molecule has 0 bridgehead atoms. The van der Waals surface area contributed by atoms with Gasteiger partial charge in [0.15, 0.2) is 0 Å². The molecule has 3 aromatic heterocycles. The number of pyridine rings is 1. The van der Waals surface area contributed by atoms with E-state index in [1.54, 1.807) is 22.6 Å². The molecule has 1 fully saturated rings. The third kappa shape index (κ3) is 2.91. The highest BCUT2D eigenvalue weighted by Crippen LogP contribution is 2.25. The largest absolute Gasteiger partial charge is 0.361 e. The maximum absolute atomic E-state index is 13.0. The van der Waals surface area contributed by atoms with Crippen LogP contribution in [-0.2, 0) is 16.6 Å². The van der Waals surface area contributed by atoms with Gasteiger partial charge in [-0.2, -0.15) is 4.31 Å². The van der Waals surface area contributed by atoms with Gasteiger partial charge < -0.3 is 9.51 Å². The van der Waals surface area contributed by atoms with Crippen LogP contribution in [0.25, 0.3) is 11.0 Å². The number of fused-ring (bicyclic) bond motifs is 1.